The third-order valence-corrected chi connectivity index (χ3v) is 2.98. The average molecular weight is 260 g/mol. The molecule has 7 heteroatoms. The molecule has 1 heterocycles. The Bertz CT molecular complexity index is 297. The fraction of sp³-hybridized carbons (Fsp3) is 0.818. The Kier molecular flexibility index (Phi) is 5.87. The maximum atomic E-state index is 11.6. The minimum atomic E-state index is -1.15. The lowest BCUT2D eigenvalue weighted by Crippen LogP contribution is -2.52. The van der Waals surface area contributed by atoms with Crippen molar-refractivity contribution in [1.29, 1.82) is 0 Å². The number of aliphatic hydroxyl groups excluding tert-OH is 1. The van der Waals surface area contributed by atoms with Gasteiger partial charge < -0.3 is 25.6 Å². The van der Waals surface area contributed by atoms with E-state index in [1.165, 1.54) is 0 Å². The molecule has 0 aliphatic carbocycles. The highest BCUT2D eigenvalue weighted by Gasteiger charge is 2.25. The van der Waals surface area contributed by atoms with Gasteiger partial charge in [0.2, 0.25) is 0 Å². The third-order valence-electron chi connectivity index (χ3n) is 2.98. The average Bonchev–Trinajstić information content (AvgIpc) is 2.31. The molecule has 1 rings (SSSR count). The highest BCUT2D eigenvalue weighted by molar-refractivity contribution is 5.82. The van der Waals surface area contributed by atoms with Crippen molar-refractivity contribution in [1.82, 2.24) is 10.6 Å². The minimum absolute atomic E-state index is 0.00785. The lowest BCUT2D eigenvalue weighted by atomic mass is 9.98. The topological polar surface area (TPSA) is 108 Å². The van der Waals surface area contributed by atoms with E-state index in [1.807, 2.05) is 6.92 Å². The van der Waals surface area contributed by atoms with Crippen LogP contribution in [-0.2, 0) is 9.53 Å². The summed E-state index contributed by atoms with van der Waals surface area (Å²) in [7, 11) is 0. The molecule has 0 spiro atoms. The van der Waals surface area contributed by atoms with Crippen LogP contribution in [0.1, 0.15) is 19.8 Å². The summed E-state index contributed by atoms with van der Waals surface area (Å²) in [5.74, 6) is -0.954. The Morgan fingerprint density at radius 2 is 2.22 bits per heavy atom. The predicted octanol–water partition coefficient (Wildman–Crippen LogP) is -0.454. The summed E-state index contributed by atoms with van der Waals surface area (Å²) in [5, 5.41) is 22.6. The van der Waals surface area contributed by atoms with Crippen molar-refractivity contribution in [3.8, 4) is 0 Å². The van der Waals surface area contributed by atoms with Crippen LogP contribution in [-0.4, -0.2) is 54.1 Å². The van der Waals surface area contributed by atoms with E-state index in [9.17, 15) is 9.59 Å². The molecular formula is C11H20N2O5. The van der Waals surface area contributed by atoms with Gasteiger partial charge in [0.25, 0.3) is 0 Å². The van der Waals surface area contributed by atoms with Gasteiger partial charge in [0, 0.05) is 25.7 Å². The number of carboxylic acids is 1. The molecule has 104 valence electrons. The van der Waals surface area contributed by atoms with E-state index in [0.717, 1.165) is 0 Å². The monoisotopic (exact) mass is 260 g/mol. The van der Waals surface area contributed by atoms with Crippen molar-refractivity contribution in [2.24, 2.45) is 5.92 Å². The first-order chi connectivity index (χ1) is 8.54. The van der Waals surface area contributed by atoms with Crippen LogP contribution in [0.4, 0.5) is 4.79 Å². The molecule has 3 atom stereocenters. The predicted molar refractivity (Wildman–Crippen MR) is 63.2 cm³/mol. The Morgan fingerprint density at radius 1 is 1.50 bits per heavy atom. The first-order valence-corrected chi connectivity index (χ1v) is 6.03. The molecule has 0 aromatic rings. The SMILES string of the molecule is CC1COCCC1NC(=O)NC(CCO)C(=O)O. The Hall–Kier alpha value is -1.34. The maximum Gasteiger partial charge on any atom is 0.326 e. The summed E-state index contributed by atoms with van der Waals surface area (Å²) in [4.78, 5) is 22.4. The van der Waals surface area contributed by atoms with E-state index in [2.05, 4.69) is 10.6 Å². The summed E-state index contributed by atoms with van der Waals surface area (Å²) < 4.78 is 5.25. The van der Waals surface area contributed by atoms with Gasteiger partial charge in [-0.2, -0.15) is 0 Å². The van der Waals surface area contributed by atoms with Crippen LogP contribution < -0.4 is 10.6 Å². The van der Waals surface area contributed by atoms with E-state index in [-0.39, 0.29) is 25.0 Å². The van der Waals surface area contributed by atoms with Crippen LogP contribution in [0.2, 0.25) is 0 Å². The first-order valence-electron chi connectivity index (χ1n) is 6.03. The molecule has 4 N–H and O–H groups in total. The maximum absolute atomic E-state index is 11.6. The summed E-state index contributed by atoms with van der Waals surface area (Å²) in [6, 6.07) is -1.60. The van der Waals surface area contributed by atoms with Gasteiger partial charge in [-0.1, -0.05) is 6.92 Å². The van der Waals surface area contributed by atoms with Crippen molar-refractivity contribution in [3.63, 3.8) is 0 Å². The van der Waals surface area contributed by atoms with Crippen LogP contribution in [0.25, 0.3) is 0 Å². The second kappa shape index (κ2) is 7.17. The molecule has 18 heavy (non-hydrogen) atoms. The normalized spacial score (nSPS) is 25.2. The number of carbonyl (C=O) groups is 2. The van der Waals surface area contributed by atoms with Crippen LogP contribution >= 0.6 is 0 Å². The van der Waals surface area contributed by atoms with Crippen LogP contribution in [0.5, 0.6) is 0 Å². The van der Waals surface area contributed by atoms with E-state index in [4.69, 9.17) is 14.9 Å². The van der Waals surface area contributed by atoms with Gasteiger partial charge in [0.05, 0.1) is 6.61 Å². The number of carbonyl (C=O) groups excluding carboxylic acids is 1. The minimum Gasteiger partial charge on any atom is -0.480 e. The Labute approximate surface area is 106 Å². The van der Waals surface area contributed by atoms with E-state index in [1.54, 1.807) is 0 Å². The van der Waals surface area contributed by atoms with Crippen LogP contribution in [0.3, 0.4) is 0 Å². The summed E-state index contributed by atoms with van der Waals surface area (Å²) in [6.07, 6.45) is 0.707. The van der Waals surface area contributed by atoms with Gasteiger partial charge in [-0.15, -0.1) is 0 Å². The Morgan fingerprint density at radius 3 is 2.78 bits per heavy atom. The molecule has 0 radical (unpaired) electrons. The van der Waals surface area contributed by atoms with E-state index < -0.39 is 18.0 Å². The quantitative estimate of drug-likeness (QED) is 0.535. The molecule has 1 fully saturated rings. The summed E-state index contributed by atoms with van der Waals surface area (Å²) >= 11 is 0. The standard InChI is InChI=1S/C11H20N2O5/c1-7-6-18-5-3-8(7)12-11(17)13-9(2-4-14)10(15)16/h7-9,14H,2-6H2,1H3,(H,15,16)(H2,12,13,17). The van der Waals surface area contributed by atoms with Crippen molar-refractivity contribution in [3.05, 3.63) is 0 Å². The number of aliphatic carboxylic acids is 1. The number of nitrogens with one attached hydrogen (secondary N) is 2. The van der Waals surface area contributed by atoms with Gasteiger partial charge in [0.1, 0.15) is 6.04 Å². The summed E-state index contributed by atoms with van der Waals surface area (Å²) in [6.45, 7) is 2.86. The largest absolute Gasteiger partial charge is 0.480 e. The van der Waals surface area contributed by atoms with Crippen molar-refractivity contribution in [2.75, 3.05) is 19.8 Å². The number of ether oxygens (including phenoxy) is 1. The number of carboxylic acid groups (broad SMARTS) is 1. The molecule has 0 bridgehead atoms. The first kappa shape index (κ1) is 14.7. The molecule has 0 aromatic heterocycles. The lowest BCUT2D eigenvalue weighted by molar-refractivity contribution is -0.139. The van der Waals surface area contributed by atoms with Crippen molar-refractivity contribution >= 4 is 12.0 Å². The molecule has 0 saturated carbocycles. The zero-order valence-corrected chi connectivity index (χ0v) is 10.4. The van der Waals surface area contributed by atoms with E-state index >= 15 is 0 Å². The van der Waals surface area contributed by atoms with Gasteiger partial charge in [-0.3, -0.25) is 0 Å². The smallest absolute Gasteiger partial charge is 0.326 e. The zero-order chi connectivity index (χ0) is 13.5. The third kappa shape index (κ3) is 4.50. The zero-order valence-electron chi connectivity index (χ0n) is 10.4. The molecule has 0 aromatic carbocycles. The molecule has 1 saturated heterocycles. The van der Waals surface area contributed by atoms with Crippen LogP contribution in [0.15, 0.2) is 0 Å². The lowest BCUT2D eigenvalue weighted by Gasteiger charge is -2.30. The number of aliphatic hydroxyl groups is 1. The fourth-order valence-corrected chi connectivity index (χ4v) is 1.85. The molecule has 3 unspecified atom stereocenters. The molecule has 2 amide bonds. The molecule has 7 nitrogen and oxygen atoms in total. The van der Waals surface area contributed by atoms with Crippen molar-refractivity contribution < 1.29 is 24.5 Å². The second-order valence-electron chi connectivity index (χ2n) is 4.47. The number of hydrogen-bond acceptors (Lipinski definition) is 4. The van der Waals surface area contributed by atoms with Gasteiger partial charge >= 0.3 is 12.0 Å². The van der Waals surface area contributed by atoms with Gasteiger partial charge in [-0.25, -0.2) is 9.59 Å². The summed E-state index contributed by atoms with van der Waals surface area (Å²) in [5.41, 5.74) is 0. The molecular weight excluding hydrogens is 240 g/mol. The van der Waals surface area contributed by atoms with Crippen molar-refractivity contribution in [2.45, 2.75) is 31.8 Å². The van der Waals surface area contributed by atoms with Gasteiger partial charge in [0.15, 0.2) is 0 Å². The molecule has 1 aliphatic rings. The number of urea groups is 1. The van der Waals surface area contributed by atoms with Gasteiger partial charge in [-0.05, 0) is 12.3 Å². The highest BCUT2D eigenvalue weighted by atomic mass is 16.5. The highest BCUT2D eigenvalue weighted by Crippen LogP contribution is 2.13. The Balaban J connectivity index is 2.41. The second-order valence-corrected chi connectivity index (χ2v) is 4.47. The number of amides is 2. The van der Waals surface area contributed by atoms with Crippen LogP contribution in [0, 0.1) is 5.92 Å². The number of hydrogen-bond donors (Lipinski definition) is 4. The fourth-order valence-electron chi connectivity index (χ4n) is 1.85. The number of rotatable bonds is 5. The van der Waals surface area contributed by atoms with E-state index in [0.29, 0.717) is 19.6 Å². The molecule has 1 aliphatic heterocycles.